The first-order chi connectivity index (χ1) is 5.66. The van der Waals surface area contributed by atoms with Crippen molar-refractivity contribution in [2.24, 2.45) is 7.05 Å². The number of rotatable bonds is 2. The van der Waals surface area contributed by atoms with Crippen LogP contribution < -0.4 is 0 Å². The summed E-state index contributed by atoms with van der Waals surface area (Å²) in [6, 6.07) is 0. The molecule has 0 saturated heterocycles. The van der Waals surface area contributed by atoms with Gasteiger partial charge in [0.05, 0.1) is 6.61 Å². The quantitative estimate of drug-likeness (QED) is 0.558. The molecule has 1 N–H and O–H groups in total. The lowest BCUT2D eigenvalue weighted by Crippen LogP contribution is -2.04. The molecule has 0 aliphatic heterocycles. The van der Waals surface area contributed by atoms with Gasteiger partial charge in [0, 0.05) is 13.2 Å². The van der Waals surface area contributed by atoms with E-state index < -0.39 is 0 Å². The molecule has 1 rings (SSSR count). The molecule has 0 aliphatic carbocycles. The summed E-state index contributed by atoms with van der Waals surface area (Å²) in [6.45, 7) is 2.12. The number of nitrogens with zero attached hydrogens (tertiary/aromatic N) is 1. The fraction of sp³-hybridized carbons (Fsp3) is 0.429. The molecule has 0 saturated carbocycles. The Balaban J connectivity index is 2.96. The molecule has 0 atom stereocenters. The van der Waals surface area contributed by atoms with Crippen LogP contribution in [0, 0.1) is 4.64 Å². The zero-order chi connectivity index (χ0) is 9.14. The summed E-state index contributed by atoms with van der Waals surface area (Å²) < 4.78 is 6.83. The summed E-state index contributed by atoms with van der Waals surface area (Å²) in [5, 5.41) is 2.79. The third-order valence-corrected chi connectivity index (χ3v) is 1.93. The molecule has 1 aromatic heterocycles. The van der Waals surface area contributed by atoms with Gasteiger partial charge >= 0.3 is 5.97 Å². The fourth-order valence-electron chi connectivity index (χ4n) is 0.817. The average molecular weight is 186 g/mol. The van der Waals surface area contributed by atoms with E-state index in [4.69, 9.17) is 17.0 Å². The molecule has 0 bridgehead atoms. The molecular weight excluding hydrogens is 176 g/mol. The maximum Gasteiger partial charge on any atom is 0.342 e. The standard InChI is InChI=1S/C7H10N2O2S/c1-3-11-7(10)5-4-8-9(2)6(5)12/h4,8H,3H2,1-2H3. The minimum atomic E-state index is -0.376. The average Bonchev–Trinajstić information content (AvgIpc) is 2.34. The van der Waals surface area contributed by atoms with E-state index in [1.807, 2.05) is 0 Å². The number of aryl methyl sites for hydroxylation is 1. The highest BCUT2D eigenvalue weighted by Gasteiger charge is 2.10. The van der Waals surface area contributed by atoms with Gasteiger partial charge in [0.2, 0.25) is 0 Å². The third-order valence-electron chi connectivity index (χ3n) is 1.43. The highest BCUT2D eigenvalue weighted by atomic mass is 32.1. The van der Waals surface area contributed by atoms with Gasteiger partial charge < -0.3 is 9.84 Å². The minimum Gasteiger partial charge on any atom is -0.462 e. The van der Waals surface area contributed by atoms with E-state index in [0.717, 1.165) is 0 Å². The molecule has 0 spiro atoms. The topological polar surface area (TPSA) is 47.0 Å². The van der Waals surface area contributed by atoms with Gasteiger partial charge in [-0.25, -0.2) is 4.79 Å². The predicted octanol–water partition coefficient (Wildman–Crippen LogP) is 1.26. The Kier molecular flexibility index (Phi) is 2.65. The number of H-pyrrole nitrogens is 1. The minimum absolute atomic E-state index is 0.364. The summed E-state index contributed by atoms with van der Waals surface area (Å²) >= 11 is 4.95. The first-order valence-electron chi connectivity index (χ1n) is 3.58. The van der Waals surface area contributed by atoms with E-state index >= 15 is 0 Å². The van der Waals surface area contributed by atoms with E-state index in [0.29, 0.717) is 16.8 Å². The molecule has 0 aromatic carbocycles. The van der Waals surface area contributed by atoms with E-state index in [-0.39, 0.29) is 5.97 Å². The van der Waals surface area contributed by atoms with E-state index in [2.05, 4.69) is 5.10 Å². The number of esters is 1. The second-order valence-corrected chi connectivity index (χ2v) is 2.66. The predicted molar refractivity (Wildman–Crippen MR) is 46.6 cm³/mol. The smallest absolute Gasteiger partial charge is 0.342 e. The lowest BCUT2D eigenvalue weighted by molar-refractivity contribution is 0.0525. The monoisotopic (exact) mass is 186 g/mol. The number of hydrogen-bond acceptors (Lipinski definition) is 3. The van der Waals surface area contributed by atoms with Gasteiger partial charge in [-0.3, -0.25) is 4.68 Å². The SMILES string of the molecule is CCOC(=O)c1c[nH]n(C)c1=S. The Labute approximate surface area is 75.1 Å². The van der Waals surface area contributed by atoms with Crippen LogP contribution in [0.4, 0.5) is 0 Å². The van der Waals surface area contributed by atoms with Crippen molar-refractivity contribution >= 4 is 18.2 Å². The number of hydrogen-bond donors (Lipinski definition) is 1. The molecule has 0 aliphatic rings. The van der Waals surface area contributed by atoms with Crippen LogP contribution in [-0.2, 0) is 11.8 Å². The van der Waals surface area contributed by atoms with Gasteiger partial charge in [0.15, 0.2) is 0 Å². The summed E-state index contributed by atoms with van der Waals surface area (Å²) in [5.74, 6) is -0.376. The second-order valence-electron chi connectivity index (χ2n) is 2.27. The second kappa shape index (κ2) is 3.53. The summed E-state index contributed by atoms with van der Waals surface area (Å²) in [6.07, 6.45) is 1.54. The highest BCUT2D eigenvalue weighted by Crippen LogP contribution is 2.02. The van der Waals surface area contributed by atoms with Gasteiger partial charge in [-0.1, -0.05) is 12.2 Å². The molecule has 4 nitrogen and oxygen atoms in total. The Morgan fingerprint density at radius 2 is 2.50 bits per heavy atom. The fourth-order valence-corrected chi connectivity index (χ4v) is 1.01. The van der Waals surface area contributed by atoms with Gasteiger partial charge in [-0.15, -0.1) is 0 Å². The molecule has 1 heterocycles. The summed E-state index contributed by atoms with van der Waals surface area (Å²) in [5.41, 5.74) is 0.411. The van der Waals surface area contributed by atoms with Crippen LogP contribution >= 0.6 is 12.2 Å². The Hall–Kier alpha value is -1.10. The molecule has 1 aromatic rings. The number of ether oxygens (including phenoxy) is 1. The Morgan fingerprint density at radius 1 is 1.83 bits per heavy atom. The number of nitrogens with one attached hydrogen (secondary N) is 1. The lowest BCUT2D eigenvalue weighted by Gasteiger charge is -1.96. The zero-order valence-electron chi connectivity index (χ0n) is 6.96. The molecule has 0 fully saturated rings. The molecule has 0 radical (unpaired) electrons. The number of aromatic nitrogens is 2. The van der Waals surface area contributed by atoms with Crippen LogP contribution in [0.1, 0.15) is 17.3 Å². The van der Waals surface area contributed by atoms with Crippen LogP contribution in [0.2, 0.25) is 0 Å². The van der Waals surface area contributed by atoms with Crippen LogP contribution in [0.5, 0.6) is 0 Å². The lowest BCUT2D eigenvalue weighted by atomic mass is 10.4. The third kappa shape index (κ3) is 1.55. The van der Waals surface area contributed by atoms with Crippen LogP contribution in [-0.4, -0.2) is 22.4 Å². The van der Waals surface area contributed by atoms with Crippen molar-refractivity contribution in [3.63, 3.8) is 0 Å². The van der Waals surface area contributed by atoms with Crippen molar-refractivity contribution in [1.82, 2.24) is 9.78 Å². The van der Waals surface area contributed by atoms with Crippen molar-refractivity contribution in [3.05, 3.63) is 16.4 Å². The van der Waals surface area contributed by atoms with Crippen molar-refractivity contribution in [2.45, 2.75) is 6.92 Å². The van der Waals surface area contributed by atoms with Crippen molar-refractivity contribution in [2.75, 3.05) is 6.61 Å². The molecule has 0 unspecified atom stereocenters. The van der Waals surface area contributed by atoms with Gasteiger partial charge in [-0.2, -0.15) is 0 Å². The largest absolute Gasteiger partial charge is 0.462 e. The molecular formula is C7H10N2O2S. The first kappa shape index (κ1) is 8.99. The van der Waals surface area contributed by atoms with Gasteiger partial charge in [-0.05, 0) is 6.92 Å². The van der Waals surface area contributed by atoms with Crippen molar-refractivity contribution in [3.8, 4) is 0 Å². The number of carbonyl (C=O) groups is 1. The van der Waals surface area contributed by atoms with Gasteiger partial charge in [0.1, 0.15) is 10.2 Å². The van der Waals surface area contributed by atoms with E-state index in [1.165, 1.54) is 0 Å². The normalized spacial score (nSPS) is 9.83. The van der Waals surface area contributed by atoms with Gasteiger partial charge in [0.25, 0.3) is 0 Å². The van der Waals surface area contributed by atoms with Crippen LogP contribution in [0.15, 0.2) is 6.20 Å². The Bertz CT molecular complexity index is 339. The Morgan fingerprint density at radius 3 is 2.92 bits per heavy atom. The zero-order valence-corrected chi connectivity index (χ0v) is 7.77. The van der Waals surface area contributed by atoms with Crippen LogP contribution in [0.25, 0.3) is 0 Å². The number of aromatic amines is 1. The van der Waals surface area contributed by atoms with Crippen LogP contribution in [0.3, 0.4) is 0 Å². The van der Waals surface area contributed by atoms with E-state index in [9.17, 15) is 4.79 Å². The molecule has 66 valence electrons. The first-order valence-corrected chi connectivity index (χ1v) is 3.99. The molecule has 0 amide bonds. The summed E-state index contributed by atoms with van der Waals surface area (Å²) in [7, 11) is 1.74. The number of carbonyl (C=O) groups excluding carboxylic acids is 1. The maximum absolute atomic E-state index is 11.2. The molecule has 12 heavy (non-hydrogen) atoms. The maximum atomic E-state index is 11.2. The van der Waals surface area contributed by atoms with Crippen molar-refractivity contribution in [1.29, 1.82) is 0 Å². The highest BCUT2D eigenvalue weighted by molar-refractivity contribution is 7.71. The van der Waals surface area contributed by atoms with E-state index in [1.54, 1.807) is 24.9 Å². The summed E-state index contributed by atoms with van der Waals surface area (Å²) in [4.78, 5) is 11.2. The van der Waals surface area contributed by atoms with Crippen molar-refractivity contribution < 1.29 is 9.53 Å². The molecule has 5 heteroatoms.